The van der Waals surface area contributed by atoms with Crippen molar-refractivity contribution in [3.05, 3.63) is 222 Å². The number of hydrogen-bond acceptors (Lipinski definition) is 5. The summed E-state index contributed by atoms with van der Waals surface area (Å²) < 4.78 is 6.88. The van der Waals surface area contributed by atoms with Gasteiger partial charge in [-0.05, 0) is 80.9 Å². The minimum Gasteiger partial charge on any atom is -0.457 e. The van der Waals surface area contributed by atoms with Crippen LogP contribution in [0, 0.1) is 11.3 Å². The van der Waals surface area contributed by atoms with Crippen LogP contribution in [-0.2, 0) is 5.41 Å². The maximum absolute atomic E-state index is 9.76. The molecule has 5 nitrogen and oxygen atoms in total. The highest BCUT2D eigenvalue weighted by Gasteiger charge is 2.51. The van der Waals surface area contributed by atoms with E-state index in [2.05, 4.69) is 115 Å². The lowest BCUT2D eigenvalue weighted by Crippen LogP contribution is -2.32. The number of ether oxygens (including phenoxy) is 1. The highest BCUT2D eigenvalue weighted by Crippen LogP contribution is 2.62. The Morgan fingerprint density at radius 2 is 0.793 bits per heavy atom. The maximum atomic E-state index is 9.76. The van der Waals surface area contributed by atoms with E-state index in [9.17, 15) is 5.26 Å². The van der Waals surface area contributed by atoms with Crippen LogP contribution in [-0.4, -0.2) is 15.0 Å². The highest BCUT2D eigenvalue weighted by molar-refractivity contribution is 5.90. The minimum atomic E-state index is -0.703. The maximum Gasteiger partial charge on any atom is 0.164 e. The third-order valence-electron chi connectivity index (χ3n) is 11.5. The Balaban J connectivity index is 1.12. The van der Waals surface area contributed by atoms with Crippen molar-refractivity contribution < 1.29 is 4.74 Å². The molecule has 58 heavy (non-hydrogen) atoms. The Kier molecular flexibility index (Phi) is 7.70. The molecule has 5 heteroatoms. The van der Waals surface area contributed by atoms with Crippen LogP contribution in [0.15, 0.2) is 194 Å². The van der Waals surface area contributed by atoms with Crippen LogP contribution in [0.2, 0.25) is 0 Å². The van der Waals surface area contributed by atoms with Crippen LogP contribution in [0.5, 0.6) is 11.5 Å². The van der Waals surface area contributed by atoms with Crippen molar-refractivity contribution in [1.82, 2.24) is 15.0 Å². The summed E-state index contributed by atoms with van der Waals surface area (Å²) in [6.45, 7) is 0. The van der Waals surface area contributed by atoms with Crippen molar-refractivity contribution in [2.75, 3.05) is 0 Å². The lowest BCUT2D eigenvalue weighted by Gasteiger charge is -2.40. The van der Waals surface area contributed by atoms with Gasteiger partial charge in [0.1, 0.15) is 11.5 Å². The molecule has 0 bridgehead atoms. The van der Waals surface area contributed by atoms with E-state index in [4.69, 9.17) is 19.7 Å². The first-order chi connectivity index (χ1) is 28.7. The summed E-state index contributed by atoms with van der Waals surface area (Å²) in [4.78, 5) is 15.2. The van der Waals surface area contributed by atoms with E-state index in [1.807, 2.05) is 84.9 Å². The fraction of sp³-hybridized carbons (Fsp3) is 0.0189. The van der Waals surface area contributed by atoms with Crippen LogP contribution in [0.3, 0.4) is 0 Å². The van der Waals surface area contributed by atoms with E-state index in [-0.39, 0.29) is 0 Å². The fourth-order valence-electron chi connectivity index (χ4n) is 8.83. The fourth-order valence-corrected chi connectivity index (χ4v) is 8.83. The molecule has 2 heterocycles. The summed E-state index contributed by atoms with van der Waals surface area (Å²) in [5.41, 5.74) is 13.6. The number of aromatic nitrogens is 3. The lowest BCUT2D eigenvalue weighted by molar-refractivity contribution is 0.436. The van der Waals surface area contributed by atoms with Gasteiger partial charge in [-0.2, -0.15) is 5.26 Å². The molecule has 0 amide bonds. The Morgan fingerprint density at radius 3 is 1.36 bits per heavy atom. The molecule has 270 valence electrons. The van der Waals surface area contributed by atoms with E-state index in [0.717, 1.165) is 61.6 Å². The first-order valence-corrected chi connectivity index (χ1v) is 19.3. The third kappa shape index (κ3) is 5.20. The van der Waals surface area contributed by atoms with Crippen molar-refractivity contribution in [3.8, 4) is 85.1 Å². The number of nitrogens with zero attached hydrogens (tertiary/aromatic N) is 4. The van der Waals surface area contributed by atoms with Crippen LogP contribution < -0.4 is 4.74 Å². The zero-order valence-corrected chi connectivity index (χ0v) is 31.2. The van der Waals surface area contributed by atoms with Crippen molar-refractivity contribution in [1.29, 1.82) is 5.26 Å². The van der Waals surface area contributed by atoms with Gasteiger partial charge in [0.2, 0.25) is 0 Å². The van der Waals surface area contributed by atoms with Gasteiger partial charge in [0, 0.05) is 27.8 Å². The molecule has 1 aromatic heterocycles. The molecular formula is C53H32N4O. The second-order valence-corrected chi connectivity index (χ2v) is 14.6. The molecule has 1 spiro atoms. The average molecular weight is 741 g/mol. The first kappa shape index (κ1) is 33.4. The lowest BCUT2D eigenvalue weighted by atomic mass is 9.65. The van der Waals surface area contributed by atoms with Crippen molar-refractivity contribution in [2.45, 2.75) is 5.41 Å². The van der Waals surface area contributed by atoms with E-state index in [0.29, 0.717) is 23.0 Å². The topological polar surface area (TPSA) is 71.7 Å². The van der Waals surface area contributed by atoms with Gasteiger partial charge in [-0.15, -0.1) is 0 Å². The minimum absolute atomic E-state index is 0.586. The molecule has 11 rings (SSSR count). The monoisotopic (exact) mass is 740 g/mol. The number of hydrogen-bond donors (Lipinski definition) is 0. The summed E-state index contributed by atoms with van der Waals surface area (Å²) in [7, 11) is 0. The van der Waals surface area contributed by atoms with Crippen LogP contribution in [0.1, 0.15) is 27.8 Å². The van der Waals surface area contributed by atoms with Crippen LogP contribution in [0.4, 0.5) is 0 Å². The second-order valence-electron chi connectivity index (χ2n) is 14.6. The molecule has 0 N–H and O–H groups in total. The molecule has 1 aliphatic heterocycles. The predicted octanol–water partition coefficient (Wildman–Crippen LogP) is 12.5. The highest BCUT2D eigenvalue weighted by atomic mass is 16.5. The zero-order chi connectivity index (χ0) is 38.6. The van der Waals surface area contributed by atoms with Gasteiger partial charge < -0.3 is 4.74 Å². The molecule has 0 unspecified atom stereocenters. The van der Waals surface area contributed by atoms with E-state index < -0.39 is 5.41 Å². The summed E-state index contributed by atoms with van der Waals surface area (Å²) in [6, 6.07) is 69.1. The smallest absolute Gasteiger partial charge is 0.164 e. The predicted molar refractivity (Wildman–Crippen MR) is 229 cm³/mol. The van der Waals surface area contributed by atoms with Crippen molar-refractivity contribution >= 4 is 0 Å². The molecule has 8 aromatic carbocycles. The number of rotatable bonds is 5. The molecule has 0 atom stereocenters. The van der Waals surface area contributed by atoms with Crippen molar-refractivity contribution in [2.24, 2.45) is 0 Å². The number of nitriles is 1. The Morgan fingerprint density at radius 1 is 0.362 bits per heavy atom. The molecular weight excluding hydrogens is 709 g/mol. The van der Waals surface area contributed by atoms with Gasteiger partial charge in [0.05, 0.1) is 17.0 Å². The number of fused-ring (bicyclic) bond motifs is 9. The normalized spacial score (nSPS) is 12.7. The van der Waals surface area contributed by atoms with Crippen LogP contribution in [0.25, 0.3) is 67.5 Å². The largest absolute Gasteiger partial charge is 0.457 e. The van der Waals surface area contributed by atoms with Gasteiger partial charge in [0.25, 0.3) is 0 Å². The molecule has 1 aliphatic carbocycles. The second kappa shape index (κ2) is 13.4. The van der Waals surface area contributed by atoms with Crippen molar-refractivity contribution in [3.63, 3.8) is 0 Å². The molecule has 0 radical (unpaired) electrons. The first-order valence-electron chi connectivity index (χ1n) is 19.3. The quantitative estimate of drug-likeness (QED) is 0.176. The molecule has 0 fully saturated rings. The zero-order valence-electron chi connectivity index (χ0n) is 31.2. The Hall–Kier alpha value is -7.94. The Labute approximate surface area is 336 Å². The number of benzene rings is 8. The summed E-state index contributed by atoms with van der Waals surface area (Å²) >= 11 is 0. The van der Waals surface area contributed by atoms with E-state index in [1.54, 1.807) is 0 Å². The van der Waals surface area contributed by atoms with E-state index in [1.165, 1.54) is 22.3 Å². The van der Waals surface area contributed by atoms with Gasteiger partial charge >= 0.3 is 0 Å². The summed E-state index contributed by atoms with van der Waals surface area (Å²) in [5, 5.41) is 9.76. The SMILES string of the molecule is N#Cc1ccccc1-c1ccc(-c2ccc3c(c2)C2(c4cc(-c5nc(-c6ccccc6)nc(-c6ccccc6)n5)ccc4O3)c3ccccc3-c3ccccc32)cc1. The third-order valence-corrected chi connectivity index (χ3v) is 11.5. The van der Waals surface area contributed by atoms with E-state index >= 15 is 0 Å². The van der Waals surface area contributed by atoms with Gasteiger partial charge in [-0.1, -0.05) is 158 Å². The summed E-state index contributed by atoms with van der Waals surface area (Å²) in [5.74, 6) is 3.41. The molecule has 2 aliphatic rings. The Bertz CT molecular complexity index is 2990. The van der Waals surface area contributed by atoms with Crippen LogP contribution >= 0.6 is 0 Å². The standard InChI is InChI=1S/C53H32N4O/c54-33-40-17-7-8-18-41(40)35-25-23-34(24-26-35)38-27-29-48-46(31-38)53(44-21-11-9-19-42(44)43-20-10-12-22-45(43)53)47-32-39(28-30-49(47)58-48)52-56-50(36-13-3-1-4-14-36)55-51(57-52)37-15-5-2-6-16-37/h1-32H. The molecule has 0 saturated carbocycles. The molecule has 9 aromatic rings. The van der Waals surface area contributed by atoms with Gasteiger partial charge in [-0.25, -0.2) is 15.0 Å². The van der Waals surface area contributed by atoms with Gasteiger partial charge in [0.15, 0.2) is 17.5 Å². The average Bonchev–Trinajstić information content (AvgIpc) is 3.60. The molecule has 0 saturated heterocycles. The summed E-state index contributed by atoms with van der Waals surface area (Å²) in [6.07, 6.45) is 0. The van der Waals surface area contributed by atoms with Gasteiger partial charge in [-0.3, -0.25) is 0 Å².